The molecule has 0 spiro atoms. The van der Waals surface area contributed by atoms with E-state index < -0.39 is 6.61 Å². The van der Waals surface area contributed by atoms with E-state index in [4.69, 9.17) is 0 Å². The minimum atomic E-state index is -2.84. The molecule has 0 saturated carbocycles. The summed E-state index contributed by atoms with van der Waals surface area (Å²) >= 11 is 0. The lowest BCUT2D eigenvalue weighted by molar-refractivity contribution is -0.120. The van der Waals surface area contributed by atoms with Crippen molar-refractivity contribution < 1.29 is 18.3 Å². The zero-order valence-electron chi connectivity index (χ0n) is 10.8. The third-order valence-corrected chi connectivity index (χ3v) is 3.06. The van der Waals surface area contributed by atoms with Crippen molar-refractivity contribution in [2.24, 2.45) is 5.92 Å². The van der Waals surface area contributed by atoms with Crippen LogP contribution < -0.4 is 15.4 Å². The first-order valence-electron chi connectivity index (χ1n) is 6.21. The molecule has 2 rings (SSSR count). The van der Waals surface area contributed by atoms with E-state index in [2.05, 4.69) is 15.4 Å². The van der Waals surface area contributed by atoms with Gasteiger partial charge in [-0.2, -0.15) is 8.78 Å². The number of alkyl halides is 2. The van der Waals surface area contributed by atoms with E-state index in [-0.39, 0.29) is 30.0 Å². The number of hydrogen-bond acceptors (Lipinski definition) is 3. The second-order valence-electron chi connectivity index (χ2n) is 4.42. The fourth-order valence-electron chi connectivity index (χ4n) is 2.05. The normalized spacial score (nSPS) is 15.6. The number of rotatable bonds is 4. The van der Waals surface area contributed by atoms with E-state index in [1.807, 2.05) is 0 Å². The second kappa shape index (κ2) is 8.01. The van der Waals surface area contributed by atoms with Gasteiger partial charge in [0.25, 0.3) is 0 Å². The Morgan fingerprint density at radius 1 is 1.25 bits per heavy atom. The van der Waals surface area contributed by atoms with Gasteiger partial charge in [0.1, 0.15) is 5.75 Å². The molecule has 0 unspecified atom stereocenters. The van der Waals surface area contributed by atoms with Gasteiger partial charge in [-0.1, -0.05) is 0 Å². The predicted molar refractivity (Wildman–Crippen MR) is 74.5 cm³/mol. The van der Waals surface area contributed by atoms with Crippen LogP contribution >= 0.6 is 12.4 Å². The summed E-state index contributed by atoms with van der Waals surface area (Å²) in [6.07, 6.45) is 1.64. The molecule has 0 atom stereocenters. The molecular formula is C13H17ClF2N2O2. The van der Waals surface area contributed by atoms with Crippen LogP contribution in [-0.2, 0) is 4.79 Å². The average molecular weight is 307 g/mol. The lowest BCUT2D eigenvalue weighted by Gasteiger charge is -2.21. The fraction of sp³-hybridized carbons (Fsp3) is 0.462. The lowest BCUT2D eigenvalue weighted by atomic mass is 9.97. The van der Waals surface area contributed by atoms with Gasteiger partial charge in [-0.25, -0.2) is 0 Å². The standard InChI is InChI=1S/C13H16F2N2O2.ClH/c14-13(15)19-11-3-1-10(2-4-11)17-12(18)9-5-7-16-8-6-9;/h1-4,9,13,16H,5-8H2,(H,17,18);1H. The third kappa shape index (κ3) is 4.94. The molecule has 20 heavy (non-hydrogen) atoms. The van der Waals surface area contributed by atoms with Crippen LogP contribution in [0.15, 0.2) is 24.3 Å². The Hall–Kier alpha value is -1.40. The summed E-state index contributed by atoms with van der Waals surface area (Å²) in [6, 6.07) is 5.92. The van der Waals surface area contributed by atoms with Crippen molar-refractivity contribution in [2.75, 3.05) is 18.4 Å². The molecule has 1 amide bonds. The zero-order valence-corrected chi connectivity index (χ0v) is 11.6. The van der Waals surface area contributed by atoms with Gasteiger partial charge in [0.15, 0.2) is 0 Å². The van der Waals surface area contributed by atoms with Gasteiger partial charge in [0.05, 0.1) is 0 Å². The number of halogens is 3. The smallest absolute Gasteiger partial charge is 0.387 e. The molecule has 1 fully saturated rings. The first kappa shape index (κ1) is 16.7. The minimum Gasteiger partial charge on any atom is -0.435 e. The fourth-order valence-corrected chi connectivity index (χ4v) is 2.05. The largest absolute Gasteiger partial charge is 0.435 e. The van der Waals surface area contributed by atoms with Gasteiger partial charge in [0.2, 0.25) is 5.91 Å². The number of piperidine rings is 1. The van der Waals surface area contributed by atoms with Crippen LogP contribution in [0.3, 0.4) is 0 Å². The van der Waals surface area contributed by atoms with E-state index in [1.165, 1.54) is 12.1 Å². The summed E-state index contributed by atoms with van der Waals surface area (Å²) in [5.74, 6) is 0.0668. The second-order valence-corrected chi connectivity index (χ2v) is 4.42. The average Bonchev–Trinajstić information content (AvgIpc) is 2.41. The number of ether oxygens (including phenoxy) is 1. The summed E-state index contributed by atoms with van der Waals surface area (Å²) in [5, 5.41) is 5.97. The zero-order chi connectivity index (χ0) is 13.7. The summed E-state index contributed by atoms with van der Waals surface area (Å²) in [6.45, 7) is -1.14. The maximum Gasteiger partial charge on any atom is 0.387 e. The first-order valence-corrected chi connectivity index (χ1v) is 6.21. The van der Waals surface area contributed by atoms with Crippen molar-refractivity contribution >= 4 is 24.0 Å². The van der Waals surface area contributed by atoms with E-state index in [0.717, 1.165) is 25.9 Å². The number of anilines is 1. The van der Waals surface area contributed by atoms with Crippen LogP contribution in [0.25, 0.3) is 0 Å². The summed E-state index contributed by atoms with van der Waals surface area (Å²) in [7, 11) is 0. The van der Waals surface area contributed by atoms with Crippen LogP contribution in [0.4, 0.5) is 14.5 Å². The van der Waals surface area contributed by atoms with Crippen molar-refractivity contribution in [1.82, 2.24) is 5.32 Å². The molecule has 0 aliphatic carbocycles. The molecule has 0 aromatic heterocycles. The third-order valence-electron chi connectivity index (χ3n) is 3.06. The van der Waals surface area contributed by atoms with Crippen LogP contribution in [0.5, 0.6) is 5.75 Å². The maximum atomic E-state index is 12.0. The summed E-state index contributed by atoms with van der Waals surface area (Å²) in [5.41, 5.74) is 0.588. The van der Waals surface area contributed by atoms with E-state index in [9.17, 15) is 13.6 Å². The number of amides is 1. The molecule has 1 aromatic carbocycles. The Kier molecular flexibility index (Phi) is 6.67. The molecule has 0 radical (unpaired) electrons. The molecule has 1 aliphatic rings. The SMILES string of the molecule is Cl.O=C(Nc1ccc(OC(F)F)cc1)C1CCNCC1. The van der Waals surface area contributed by atoms with Crippen molar-refractivity contribution in [1.29, 1.82) is 0 Å². The first-order chi connectivity index (χ1) is 9.15. The topological polar surface area (TPSA) is 50.4 Å². The Labute approximate surface area is 122 Å². The highest BCUT2D eigenvalue weighted by Crippen LogP contribution is 2.19. The lowest BCUT2D eigenvalue weighted by Crippen LogP contribution is -2.34. The molecule has 0 bridgehead atoms. The summed E-state index contributed by atoms with van der Waals surface area (Å²) < 4.78 is 28.2. The minimum absolute atomic E-state index is 0. The highest BCUT2D eigenvalue weighted by Gasteiger charge is 2.20. The Bertz CT molecular complexity index is 423. The molecule has 1 saturated heterocycles. The van der Waals surface area contributed by atoms with Gasteiger partial charge >= 0.3 is 6.61 Å². The molecule has 1 heterocycles. The number of hydrogen-bond donors (Lipinski definition) is 2. The molecule has 1 aliphatic heterocycles. The molecule has 7 heteroatoms. The molecule has 1 aromatic rings. The Morgan fingerprint density at radius 3 is 2.40 bits per heavy atom. The Morgan fingerprint density at radius 2 is 1.85 bits per heavy atom. The van der Waals surface area contributed by atoms with E-state index >= 15 is 0 Å². The van der Waals surface area contributed by atoms with Crippen molar-refractivity contribution in [2.45, 2.75) is 19.5 Å². The predicted octanol–water partition coefficient (Wildman–Crippen LogP) is 2.65. The molecular weight excluding hydrogens is 290 g/mol. The van der Waals surface area contributed by atoms with Crippen molar-refractivity contribution in [3.05, 3.63) is 24.3 Å². The number of carbonyl (C=O) groups is 1. The number of nitrogens with one attached hydrogen (secondary N) is 2. The molecule has 4 nitrogen and oxygen atoms in total. The monoisotopic (exact) mass is 306 g/mol. The van der Waals surface area contributed by atoms with Crippen LogP contribution in [0, 0.1) is 5.92 Å². The van der Waals surface area contributed by atoms with Gasteiger partial charge in [-0.05, 0) is 50.2 Å². The van der Waals surface area contributed by atoms with E-state index in [0.29, 0.717) is 5.69 Å². The quantitative estimate of drug-likeness (QED) is 0.899. The molecule has 2 N–H and O–H groups in total. The van der Waals surface area contributed by atoms with Crippen LogP contribution in [0.1, 0.15) is 12.8 Å². The number of benzene rings is 1. The van der Waals surface area contributed by atoms with Gasteiger partial charge < -0.3 is 15.4 Å². The van der Waals surface area contributed by atoms with E-state index in [1.54, 1.807) is 12.1 Å². The van der Waals surface area contributed by atoms with Gasteiger partial charge in [-0.15, -0.1) is 12.4 Å². The van der Waals surface area contributed by atoms with Crippen LogP contribution in [0.2, 0.25) is 0 Å². The maximum absolute atomic E-state index is 12.0. The molecule has 112 valence electrons. The highest BCUT2D eigenvalue weighted by atomic mass is 35.5. The van der Waals surface area contributed by atoms with Gasteiger partial charge in [0, 0.05) is 11.6 Å². The van der Waals surface area contributed by atoms with Crippen molar-refractivity contribution in [3.63, 3.8) is 0 Å². The summed E-state index contributed by atoms with van der Waals surface area (Å²) in [4.78, 5) is 11.9. The Balaban J connectivity index is 0.00000200. The van der Waals surface area contributed by atoms with Gasteiger partial charge in [-0.3, -0.25) is 4.79 Å². The highest BCUT2D eigenvalue weighted by molar-refractivity contribution is 5.92. The van der Waals surface area contributed by atoms with Crippen molar-refractivity contribution in [3.8, 4) is 5.75 Å². The number of carbonyl (C=O) groups excluding carboxylic acids is 1. The van der Waals surface area contributed by atoms with Crippen LogP contribution in [-0.4, -0.2) is 25.6 Å².